The molecular formula is C14H18BrClN2. The minimum Gasteiger partial charge on any atom is -0.369 e. The number of hydrogen-bond donors (Lipinski definition) is 1. The van der Waals surface area contributed by atoms with E-state index in [9.17, 15) is 0 Å². The molecule has 1 aromatic rings. The first-order valence-electron chi connectivity index (χ1n) is 6.68. The van der Waals surface area contributed by atoms with Gasteiger partial charge in [0.2, 0.25) is 0 Å². The van der Waals surface area contributed by atoms with E-state index in [0.29, 0.717) is 6.04 Å². The fraction of sp³-hybridized carbons (Fsp3) is 0.571. The maximum Gasteiger partial charge on any atom is 0.0650 e. The van der Waals surface area contributed by atoms with Crippen molar-refractivity contribution in [2.24, 2.45) is 0 Å². The summed E-state index contributed by atoms with van der Waals surface area (Å²) in [5, 5.41) is 4.57. The molecule has 2 nitrogen and oxygen atoms in total. The standard InChI is InChI=1S/C14H18BrClN2/c15-10-3-6-14(13(16)8-10)18-7-1-2-12(9-18)17-11-4-5-11/h3,6,8,11-12,17H,1-2,4-5,7,9H2. The van der Waals surface area contributed by atoms with Crippen LogP contribution in [0.3, 0.4) is 0 Å². The molecule has 0 amide bonds. The first-order valence-corrected chi connectivity index (χ1v) is 7.85. The zero-order chi connectivity index (χ0) is 12.5. The Morgan fingerprint density at radius 2 is 2.06 bits per heavy atom. The normalized spacial score (nSPS) is 24.3. The second kappa shape index (κ2) is 5.40. The molecule has 0 bridgehead atoms. The SMILES string of the molecule is Clc1cc(Br)ccc1N1CCCC(NC2CC2)C1. The van der Waals surface area contributed by atoms with Crippen LogP contribution in [-0.2, 0) is 0 Å². The minimum atomic E-state index is 0.631. The Morgan fingerprint density at radius 1 is 1.22 bits per heavy atom. The molecule has 1 aromatic carbocycles. The van der Waals surface area contributed by atoms with E-state index in [4.69, 9.17) is 11.6 Å². The van der Waals surface area contributed by atoms with Crippen LogP contribution in [0, 0.1) is 0 Å². The van der Waals surface area contributed by atoms with Crippen LogP contribution < -0.4 is 10.2 Å². The summed E-state index contributed by atoms with van der Waals surface area (Å²) < 4.78 is 1.04. The molecule has 0 aromatic heterocycles. The van der Waals surface area contributed by atoms with E-state index in [0.717, 1.165) is 28.6 Å². The lowest BCUT2D eigenvalue weighted by molar-refractivity contribution is 0.420. The third-order valence-corrected chi connectivity index (χ3v) is 4.52. The maximum absolute atomic E-state index is 6.34. The molecule has 2 fully saturated rings. The van der Waals surface area contributed by atoms with Gasteiger partial charge in [-0.2, -0.15) is 0 Å². The summed E-state index contributed by atoms with van der Waals surface area (Å²) in [4.78, 5) is 2.42. The smallest absolute Gasteiger partial charge is 0.0650 e. The van der Waals surface area contributed by atoms with E-state index in [2.05, 4.69) is 38.3 Å². The topological polar surface area (TPSA) is 15.3 Å². The molecule has 0 radical (unpaired) electrons. The van der Waals surface area contributed by atoms with Gasteiger partial charge in [-0.05, 0) is 43.9 Å². The van der Waals surface area contributed by atoms with Crippen molar-refractivity contribution in [3.8, 4) is 0 Å². The van der Waals surface area contributed by atoms with Crippen LogP contribution in [0.1, 0.15) is 25.7 Å². The van der Waals surface area contributed by atoms with Crippen LogP contribution in [0.4, 0.5) is 5.69 Å². The number of rotatable bonds is 3. The van der Waals surface area contributed by atoms with Crippen molar-refractivity contribution < 1.29 is 0 Å². The molecule has 3 rings (SSSR count). The molecule has 2 aliphatic rings. The summed E-state index contributed by atoms with van der Waals surface area (Å²) in [7, 11) is 0. The van der Waals surface area contributed by atoms with E-state index in [1.807, 2.05) is 6.07 Å². The number of piperidine rings is 1. The molecule has 1 saturated heterocycles. The Bertz CT molecular complexity index is 434. The highest BCUT2D eigenvalue weighted by molar-refractivity contribution is 9.10. The summed E-state index contributed by atoms with van der Waals surface area (Å²) in [6, 6.07) is 7.58. The zero-order valence-electron chi connectivity index (χ0n) is 10.3. The van der Waals surface area contributed by atoms with Gasteiger partial charge in [0.1, 0.15) is 0 Å². The molecule has 1 heterocycles. The van der Waals surface area contributed by atoms with E-state index < -0.39 is 0 Å². The minimum absolute atomic E-state index is 0.631. The summed E-state index contributed by atoms with van der Waals surface area (Å²) in [5.41, 5.74) is 1.17. The number of hydrogen-bond acceptors (Lipinski definition) is 2. The molecule has 0 spiro atoms. The van der Waals surface area contributed by atoms with Crippen LogP contribution in [0.15, 0.2) is 22.7 Å². The predicted octanol–water partition coefficient (Wildman–Crippen LogP) is 3.82. The van der Waals surface area contributed by atoms with Crippen LogP contribution >= 0.6 is 27.5 Å². The van der Waals surface area contributed by atoms with Crippen LogP contribution in [0.25, 0.3) is 0 Å². The van der Waals surface area contributed by atoms with Crippen molar-refractivity contribution >= 4 is 33.2 Å². The second-order valence-electron chi connectivity index (χ2n) is 5.32. The number of benzene rings is 1. The molecule has 1 aliphatic heterocycles. The average Bonchev–Trinajstić information content (AvgIpc) is 3.13. The third kappa shape index (κ3) is 3.01. The Hall–Kier alpha value is -0.250. The van der Waals surface area contributed by atoms with Crippen molar-refractivity contribution in [2.75, 3.05) is 18.0 Å². The van der Waals surface area contributed by atoms with Gasteiger partial charge in [-0.25, -0.2) is 0 Å². The lowest BCUT2D eigenvalue weighted by Gasteiger charge is -2.35. The van der Waals surface area contributed by atoms with E-state index >= 15 is 0 Å². The summed E-state index contributed by atoms with van der Waals surface area (Å²) in [5.74, 6) is 0. The largest absolute Gasteiger partial charge is 0.369 e. The molecule has 4 heteroatoms. The highest BCUT2D eigenvalue weighted by Gasteiger charge is 2.28. The number of nitrogens with zero attached hydrogens (tertiary/aromatic N) is 1. The van der Waals surface area contributed by atoms with Gasteiger partial charge in [0.25, 0.3) is 0 Å². The molecule has 18 heavy (non-hydrogen) atoms. The first-order chi connectivity index (χ1) is 8.72. The van der Waals surface area contributed by atoms with Crippen molar-refractivity contribution in [3.05, 3.63) is 27.7 Å². The van der Waals surface area contributed by atoms with Gasteiger partial charge in [-0.15, -0.1) is 0 Å². The van der Waals surface area contributed by atoms with Gasteiger partial charge >= 0.3 is 0 Å². The summed E-state index contributed by atoms with van der Waals surface area (Å²) in [6.45, 7) is 2.20. The van der Waals surface area contributed by atoms with E-state index in [1.165, 1.54) is 31.4 Å². The van der Waals surface area contributed by atoms with Crippen LogP contribution in [-0.4, -0.2) is 25.2 Å². The van der Waals surface area contributed by atoms with Gasteiger partial charge in [0.15, 0.2) is 0 Å². The third-order valence-electron chi connectivity index (χ3n) is 3.72. The van der Waals surface area contributed by atoms with Crippen molar-refractivity contribution in [1.82, 2.24) is 5.32 Å². The average molecular weight is 330 g/mol. The van der Waals surface area contributed by atoms with Crippen LogP contribution in [0.5, 0.6) is 0 Å². The van der Waals surface area contributed by atoms with Crippen molar-refractivity contribution in [2.45, 2.75) is 37.8 Å². The Kier molecular flexibility index (Phi) is 3.83. The summed E-state index contributed by atoms with van der Waals surface area (Å²) >= 11 is 9.79. The number of anilines is 1. The lowest BCUT2D eigenvalue weighted by atomic mass is 10.0. The quantitative estimate of drug-likeness (QED) is 0.907. The number of halogens is 2. The van der Waals surface area contributed by atoms with Gasteiger partial charge in [-0.1, -0.05) is 27.5 Å². The Balaban J connectivity index is 1.70. The molecular weight excluding hydrogens is 312 g/mol. The molecule has 1 unspecified atom stereocenters. The van der Waals surface area contributed by atoms with Gasteiger partial charge in [-0.3, -0.25) is 0 Å². The zero-order valence-corrected chi connectivity index (χ0v) is 12.7. The highest BCUT2D eigenvalue weighted by Crippen LogP contribution is 2.31. The fourth-order valence-electron chi connectivity index (χ4n) is 2.65. The first kappa shape index (κ1) is 12.8. The molecule has 1 aliphatic carbocycles. The summed E-state index contributed by atoms with van der Waals surface area (Å²) in [6.07, 6.45) is 5.25. The number of nitrogens with one attached hydrogen (secondary N) is 1. The molecule has 1 saturated carbocycles. The predicted molar refractivity (Wildman–Crippen MR) is 80.5 cm³/mol. The lowest BCUT2D eigenvalue weighted by Crippen LogP contribution is -2.46. The Labute approximate surface area is 122 Å². The fourth-order valence-corrected chi connectivity index (χ4v) is 3.45. The maximum atomic E-state index is 6.34. The van der Waals surface area contributed by atoms with E-state index in [1.54, 1.807) is 0 Å². The monoisotopic (exact) mass is 328 g/mol. The van der Waals surface area contributed by atoms with Crippen molar-refractivity contribution in [3.63, 3.8) is 0 Å². The highest BCUT2D eigenvalue weighted by atomic mass is 79.9. The van der Waals surface area contributed by atoms with Crippen LogP contribution in [0.2, 0.25) is 5.02 Å². The van der Waals surface area contributed by atoms with Gasteiger partial charge in [0.05, 0.1) is 10.7 Å². The van der Waals surface area contributed by atoms with Gasteiger partial charge < -0.3 is 10.2 Å². The van der Waals surface area contributed by atoms with Gasteiger partial charge in [0, 0.05) is 29.6 Å². The van der Waals surface area contributed by atoms with Crippen molar-refractivity contribution in [1.29, 1.82) is 0 Å². The molecule has 98 valence electrons. The van der Waals surface area contributed by atoms with E-state index in [-0.39, 0.29) is 0 Å². The molecule has 1 N–H and O–H groups in total. The Morgan fingerprint density at radius 3 is 2.78 bits per heavy atom. The molecule has 1 atom stereocenters. The second-order valence-corrected chi connectivity index (χ2v) is 6.64.